The van der Waals surface area contributed by atoms with E-state index in [1.165, 1.54) is 6.07 Å². The first-order chi connectivity index (χ1) is 21.2. The molecule has 44 heavy (non-hydrogen) atoms. The van der Waals surface area contributed by atoms with E-state index in [-0.39, 0.29) is 29.6 Å². The molecule has 7 nitrogen and oxygen atoms in total. The van der Waals surface area contributed by atoms with Crippen LogP contribution < -0.4 is 9.64 Å². The van der Waals surface area contributed by atoms with Gasteiger partial charge in [0, 0.05) is 37.8 Å². The van der Waals surface area contributed by atoms with Gasteiger partial charge in [-0.15, -0.1) is 0 Å². The van der Waals surface area contributed by atoms with Crippen LogP contribution in [0.5, 0.6) is 6.01 Å². The summed E-state index contributed by atoms with van der Waals surface area (Å²) in [5, 5.41) is 12.7. The van der Waals surface area contributed by atoms with Crippen LogP contribution in [0.4, 0.5) is 19.0 Å². The van der Waals surface area contributed by atoms with Gasteiger partial charge in [-0.05, 0) is 68.0 Å². The van der Waals surface area contributed by atoms with Crippen molar-refractivity contribution in [3.63, 3.8) is 0 Å². The third-order valence-electron chi connectivity index (χ3n) is 9.80. The number of hydrogen-bond acceptors (Lipinski definition) is 7. The maximum absolute atomic E-state index is 16.7. The van der Waals surface area contributed by atoms with Crippen LogP contribution in [0.3, 0.4) is 0 Å². The molecule has 4 aromatic rings. The van der Waals surface area contributed by atoms with Gasteiger partial charge in [-0.3, -0.25) is 9.88 Å². The van der Waals surface area contributed by atoms with Crippen molar-refractivity contribution in [3.05, 3.63) is 53.7 Å². The van der Waals surface area contributed by atoms with Gasteiger partial charge in [0.1, 0.15) is 35.6 Å². The number of pyridine rings is 1. The number of halogens is 3. The average Bonchev–Trinajstić information content (AvgIpc) is 3.35. The van der Waals surface area contributed by atoms with E-state index in [1.807, 2.05) is 24.0 Å². The second-order valence-corrected chi connectivity index (χ2v) is 13.0. The Balaban J connectivity index is 1.36. The van der Waals surface area contributed by atoms with Crippen molar-refractivity contribution in [2.45, 2.75) is 76.1 Å². The molecule has 0 bridgehead atoms. The number of fused-ring (bicyclic) bond motifs is 3. The summed E-state index contributed by atoms with van der Waals surface area (Å²) in [4.78, 5) is 18.0. The quantitative estimate of drug-likeness (QED) is 0.273. The van der Waals surface area contributed by atoms with E-state index in [9.17, 15) is 13.9 Å². The van der Waals surface area contributed by atoms with Crippen molar-refractivity contribution in [2.75, 3.05) is 37.7 Å². The Kier molecular flexibility index (Phi) is 7.40. The summed E-state index contributed by atoms with van der Waals surface area (Å²) in [5.74, 6) is -0.556. The smallest absolute Gasteiger partial charge is 0.319 e. The number of aliphatic hydroxyl groups is 1. The molecule has 0 radical (unpaired) electrons. The van der Waals surface area contributed by atoms with Gasteiger partial charge < -0.3 is 14.7 Å². The molecule has 3 fully saturated rings. The number of piperidine rings is 2. The molecule has 2 aromatic carbocycles. The lowest BCUT2D eigenvalue weighted by Gasteiger charge is -2.41. The molecule has 3 aliphatic heterocycles. The molecule has 1 N–H and O–H groups in total. The van der Waals surface area contributed by atoms with Crippen LogP contribution in [0, 0.1) is 11.6 Å². The molecule has 2 aromatic heterocycles. The number of alkyl halides is 1. The molecule has 5 heterocycles. The summed E-state index contributed by atoms with van der Waals surface area (Å²) in [6.07, 6.45) is 5.70. The summed E-state index contributed by atoms with van der Waals surface area (Å²) in [5.41, 5.74) is -0.276. The predicted molar refractivity (Wildman–Crippen MR) is 165 cm³/mol. The van der Waals surface area contributed by atoms with Crippen LogP contribution in [0.2, 0.25) is 0 Å². The molecule has 10 heteroatoms. The van der Waals surface area contributed by atoms with Crippen molar-refractivity contribution in [3.8, 4) is 17.3 Å². The topological polar surface area (TPSA) is 74.6 Å². The van der Waals surface area contributed by atoms with Crippen LogP contribution in [-0.4, -0.2) is 75.1 Å². The minimum atomic E-state index is -0.937. The van der Waals surface area contributed by atoms with Crippen molar-refractivity contribution in [1.82, 2.24) is 19.9 Å². The SMILES string of the molecule is CCc1c(F)ccc2cccc(-c3ncc4c(N5CCC[C@@](C)(O)C5)nc(OC[C@@]56CCCCN5C[C@H](F)C6)nc4c3F)c12. The van der Waals surface area contributed by atoms with Crippen LogP contribution in [0.1, 0.15) is 57.9 Å². The molecule has 3 saturated heterocycles. The zero-order valence-corrected chi connectivity index (χ0v) is 25.3. The monoisotopic (exact) mass is 605 g/mol. The third kappa shape index (κ3) is 5.05. The Morgan fingerprint density at radius 1 is 1.07 bits per heavy atom. The lowest BCUT2D eigenvalue weighted by atomic mass is 9.87. The molecule has 7 rings (SSSR count). The third-order valence-corrected chi connectivity index (χ3v) is 9.80. The van der Waals surface area contributed by atoms with Crippen LogP contribution in [0.15, 0.2) is 36.5 Å². The lowest BCUT2D eigenvalue weighted by molar-refractivity contribution is 0.0384. The Bertz CT molecular complexity index is 1730. The molecular weight excluding hydrogens is 567 g/mol. The van der Waals surface area contributed by atoms with E-state index in [4.69, 9.17) is 9.72 Å². The highest BCUT2D eigenvalue weighted by atomic mass is 19.1. The van der Waals surface area contributed by atoms with Gasteiger partial charge in [-0.2, -0.15) is 9.97 Å². The average molecular weight is 606 g/mol. The zero-order valence-electron chi connectivity index (χ0n) is 25.3. The fourth-order valence-electron chi connectivity index (χ4n) is 7.69. The molecule has 232 valence electrons. The highest BCUT2D eigenvalue weighted by Gasteiger charge is 2.47. The maximum Gasteiger partial charge on any atom is 0.319 e. The van der Waals surface area contributed by atoms with Gasteiger partial charge >= 0.3 is 6.01 Å². The summed E-state index contributed by atoms with van der Waals surface area (Å²) in [7, 11) is 0. The van der Waals surface area contributed by atoms with E-state index in [0.717, 1.165) is 37.6 Å². The molecular formula is C34H38F3N5O2. The van der Waals surface area contributed by atoms with Crippen molar-refractivity contribution in [2.24, 2.45) is 0 Å². The van der Waals surface area contributed by atoms with Gasteiger partial charge in [0.2, 0.25) is 0 Å². The van der Waals surface area contributed by atoms with Crippen LogP contribution >= 0.6 is 0 Å². The van der Waals surface area contributed by atoms with Crippen molar-refractivity contribution >= 4 is 27.5 Å². The van der Waals surface area contributed by atoms with Crippen molar-refractivity contribution in [1.29, 1.82) is 0 Å². The number of β-amino-alcohol motifs (C(OH)–C–C–N with tert-alkyl or cyclic N) is 1. The molecule has 0 saturated carbocycles. The molecule has 0 unspecified atom stereocenters. The predicted octanol–water partition coefficient (Wildman–Crippen LogP) is 6.38. The van der Waals surface area contributed by atoms with Gasteiger partial charge in [0.05, 0.1) is 16.5 Å². The number of aromatic nitrogens is 3. The summed E-state index contributed by atoms with van der Waals surface area (Å²) < 4.78 is 52.5. The molecule has 3 atom stereocenters. The highest BCUT2D eigenvalue weighted by molar-refractivity contribution is 6.00. The van der Waals surface area contributed by atoms with Gasteiger partial charge in [0.25, 0.3) is 0 Å². The highest BCUT2D eigenvalue weighted by Crippen LogP contribution is 2.41. The van der Waals surface area contributed by atoms with Gasteiger partial charge in [-0.25, -0.2) is 13.2 Å². The minimum absolute atomic E-state index is 0.00850. The number of anilines is 1. The van der Waals surface area contributed by atoms with Crippen molar-refractivity contribution < 1.29 is 23.0 Å². The number of ether oxygens (including phenoxy) is 1. The number of hydrogen-bond donors (Lipinski definition) is 1. The zero-order chi connectivity index (χ0) is 30.6. The van der Waals surface area contributed by atoms with Crippen LogP contribution in [0.25, 0.3) is 32.9 Å². The molecule has 3 aliphatic rings. The van der Waals surface area contributed by atoms with Gasteiger partial charge in [-0.1, -0.05) is 37.6 Å². The van der Waals surface area contributed by atoms with E-state index in [1.54, 1.807) is 25.3 Å². The first-order valence-corrected chi connectivity index (χ1v) is 15.7. The fourth-order valence-corrected chi connectivity index (χ4v) is 7.69. The number of rotatable bonds is 6. The first kappa shape index (κ1) is 29.2. The summed E-state index contributed by atoms with van der Waals surface area (Å²) in [6, 6.07) is 8.58. The number of nitrogens with zero attached hydrogens (tertiary/aromatic N) is 5. The summed E-state index contributed by atoms with van der Waals surface area (Å²) in [6.45, 7) is 6.01. The second kappa shape index (κ2) is 11.1. The van der Waals surface area contributed by atoms with Gasteiger partial charge in [0.15, 0.2) is 5.82 Å². The molecule has 0 aliphatic carbocycles. The number of benzene rings is 2. The Hall–Kier alpha value is -3.50. The fraction of sp³-hybridized carbons (Fsp3) is 0.500. The second-order valence-electron chi connectivity index (χ2n) is 13.0. The Labute approximate surface area is 255 Å². The van der Waals surface area contributed by atoms with E-state index < -0.39 is 23.1 Å². The normalized spacial score (nSPS) is 26.0. The van der Waals surface area contributed by atoms with E-state index >= 15 is 4.39 Å². The minimum Gasteiger partial charge on any atom is -0.461 e. The van der Waals surface area contributed by atoms with E-state index in [0.29, 0.717) is 66.6 Å². The number of aryl methyl sites for hydroxylation is 1. The largest absolute Gasteiger partial charge is 0.461 e. The molecule has 0 spiro atoms. The molecule has 0 amide bonds. The summed E-state index contributed by atoms with van der Waals surface area (Å²) >= 11 is 0. The Morgan fingerprint density at radius 2 is 1.93 bits per heavy atom. The maximum atomic E-state index is 16.7. The van der Waals surface area contributed by atoms with E-state index in [2.05, 4.69) is 14.9 Å². The van der Waals surface area contributed by atoms with Crippen LogP contribution in [-0.2, 0) is 6.42 Å². The first-order valence-electron chi connectivity index (χ1n) is 15.7. The Morgan fingerprint density at radius 3 is 2.75 bits per heavy atom. The lowest BCUT2D eigenvalue weighted by Crippen LogP contribution is -2.51. The standard InChI is InChI=1S/C34H38F3N5O2/c1-3-23-26(36)11-10-21-8-6-9-24(27(21)23)29-28(37)30-25(17-38-29)31(41-14-7-12-33(2,43)19-41)40-32(39-30)44-20-34-13-4-5-15-42(34)18-22(35)16-34/h6,8-11,17,22,43H,3-5,7,12-16,18-20H2,1-2H3/t22-,33-,34+/m1/s1.